The topological polar surface area (TPSA) is 84.5 Å². The van der Waals surface area contributed by atoms with Gasteiger partial charge in [-0.2, -0.15) is 9.40 Å². The molecule has 0 radical (unpaired) electrons. The van der Waals surface area contributed by atoms with Crippen LogP contribution in [0, 0.1) is 6.92 Å². The fraction of sp³-hybridized carbons (Fsp3) is 0.471. The normalized spacial score (nSPS) is 21.2. The highest BCUT2D eigenvalue weighted by Gasteiger charge is 2.32. The van der Waals surface area contributed by atoms with E-state index in [1.807, 2.05) is 6.92 Å². The van der Waals surface area contributed by atoms with Gasteiger partial charge >= 0.3 is 0 Å². The van der Waals surface area contributed by atoms with Gasteiger partial charge in [0, 0.05) is 30.8 Å². The van der Waals surface area contributed by atoms with E-state index in [2.05, 4.69) is 10.2 Å². The number of rotatable bonds is 3. The summed E-state index contributed by atoms with van der Waals surface area (Å²) in [6, 6.07) is 4.82. The molecule has 25 heavy (non-hydrogen) atoms. The summed E-state index contributed by atoms with van der Waals surface area (Å²) >= 11 is 0. The van der Waals surface area contributed by atoms with Gasteiger partial charge in [0.25, 0.3) is 0 Å². The lowest BCUT2D eigenvalue weighted by atomic mass is 9.94. The van der Waals surface area contributed by atoms with Crippen molar-refractivity contribution in [3.63, 3.8) is 0 Å². The fourth-order valence-electron chi connectivity index (χ4n) is 3.50. The largest absolute Gasteiger partial charge is 0.486 e. The average molecular weight is 363 g/mol. The predicted octanol–water partition coefficient (Wildman–Crippen LogP) is 2.06. The van der Waals surface area contributed by atoms with Crippen molar-refractivity contribution < 1.29 is 17.9 Å². The SMILES string of the molecule is Cc1cn[nH]c1C1CCCN(S(=O)(=O)c2ccc3c(c2)OCCO3)C1. The summed E-state index contributed by atoms with van der Waals surface area (Å²) in [5.74, 6) is 1.23. The molecule has 0 amide bonds. The van der Waals surface area contributed by atoms with Crippen LogP contribution in [0.3, 0.4) is 0 Å². The molecule has 1 aromatic carbocycles. The van der Waals surface area contributed by atoms with E-state index in [0.29, 0.717) is 37.8 Å². The molecule has 0 bridgehead atoms. The second kappa shape index (κ2) is 6.34. The Morgan fingerprint density at radius 2 is 2.04 bits per heavy atom. The number of aromatic amines is 1. The van der Waals surface area contributed by atoms with Gasteiger partial charge in [-0.05, 0) is 37.5 Å². The molecular weight excluding hydrogens is 342 g/mol. The van der Waals surface area contributed by atoms with E-state index < -0.39 is 10.0 Å². The Bertz CT molecular complexity index is 878. The molecule has 1 unspecified atom stereocenters. The summed E-state index contributed by atoms with van der Waals surface area (Å²) in [7, 11) is -3.57. The van der Waals surface area contributed by atoms with Crippen LogP contribution < -0.4 is 9.47 Å². The second-order valence-corrected chi connectivity index (χ2v) is 8.41. The number of hydrogen-bond acceptors (Lipinski definition) is 5. The van der Waals surface area contributed by atoms with E-state index in [9.17, 15) is 8.42 Å². The van der Waals surface area contributed by atoms with Crippen molar-refractivity contribution in [3.05, 3.63) is 35.7 Å². The highest BCUT2D eigenvalue weighted by Crippen LogP contribution is 2.35. The van der Waals surface area contributed by atoms with Crippen LogP contribution in [0.25, 0.3) is 0 Å². The molecule has 0 saturated carbocycles. The van der Waals surface area contributed by atoms with Gasteiger partial charge in [-0.1, -0.05) is 0 Å². The molecule has 0 spiro atoms. The lowest BCUT2D eigenvalue weighted by Gasteiger charge is -2.32. The number of hydrogen-bond donors (Lipinski definition) is 1. The lowest BCUT2D eigenvalue weighted by Crippen LogP contribution is -2.39. The summed E-state index contributed by atoms with van der Waals surface area (Å²) < 4.78 is 38.7. The summed E-state index contributed by atoms with van der Waals surface area (Å²) in [6.45, 7) is 3.89. The van der Waals surface area contributed by atoms with Crippen LogP contribution in [-0.2, 0) is 10.0 Å². The standard InChI is InChI=1S/C17H21N3O4S/c1-12-10-18-19-17(12)13-3-2-6-20(11-13)25(21,22)14-4-5-15-16(9-14)24-8-7-23-15/h4-5,9-10,13H,2-3,6-8,11H2,1H3,(H,18,19). The zero-order valence-electron chi connectivity index (χ0n) is 14.1. The molecule has 2 aliphatic rings. The molecular formula is C17H21N3O4S. The monoisotopic (exact) mass is 363 g/mol. The minimum atomic E-state index is -3.57. The van der Waals surface area contributed by atoms with Crippen LogP contribution in [0.1, 0.15) is 30.0 Å². The van der Waals surface area contributed by atoms with Gasteiger partial charge in [-0.25, -0.2) is 8.42 Å². The van der Waals surface area contributed by atoms with E-state index in [-0.39, 0.29) is 10.8 Å². The summed E-state index contributed by atoms with van der Waals surface area (Å²) in [5, 5.41) is 7.09. The molecule has 1 atom stereocenters. The van der Waals surface area contributed by atoms with E-state index in [1.165, 1.54) is 0 Å². The smallest absolute Gasteiger partial charge is 0.243 e. The zero-order valence-corrected chi connectivity index (χ0v) is 14.9. The van der Waals surface area contributed by atoms with Crippen molar-refractivity contribution in [2.75, 3.05) is 26.3 Å². The Kier molecular flexibility index (Phi) is 4.16. The van der Waals surface area contributed by atoms with Crippen LogP contribution in [-0.4, -0.2) is 49.2 Å². The number of ether oxygens (including phenoxy) is 2. The first-order chi connectivity index (χ1) is 12.1. The number of nitrogens with one attached hydrogen (secondary N) is 1. The van der Waals surface area contributed by atoms with Crippen molar-refractivity contribution in [2.24, 2.45) is 0 Å². The third kappa shape index (κ3) is 3.00. The molecule has 1 aromatic heterocycles. The Morgan fingerprint density at radius 1 is 1.24 bits per heavy atom. The summed E-state index contributed by atoms with van der Waals surface area (Å²) in [5.41, 5.74) is 2.10. The van der Waals surface area contributed by atoms with Crippen LogP contribution in [0.4, 0.5) is 0 Å². The first-order valence-electron chi connectivity index (χ1n) is 8.45. The van der Waals surface area contributed by atoms with Crippen LogP contribution in [0.2, 0.25) is 0 Å². The Balaban J connectivity index is 1.60. The Labute approximate surface area is 147 Å². The number of benzene rings is 1. The van der Waals surface area contributed by atoms with Crippen molar-refractivity contribution >= 4 is 10.0 Å². The third-order valence-electron chi connectivity index (χ3n) is 4.81. The summed E-state index contributed by atoms with van der Waals surface area (Å²) in [6.07, 6.45) is 3.56. The predicted molar refractivity (Wildman–Crippen MR) is 91.5 cm³/mol. The number of piperidine rings is 1. The number of nitrogens with zero attached hydrogens (tertiary/aromatic N) is 2. The number of sulfonamides is 1. The lowest BCUT2D eigenvalue weighted by molar-refractivity contribution is 0.171. The number of H-pyrrole nitrogens is 1. The van der Waals surface area contributed by atoms with Gasteiger partial charge in [0.15, 0.2) is 11.5 Å². The molecule has 2 aromatic rings. The molecule has 1 fully saturated rings. The van der Waals surface area contributed by atoms with Gasteiger partial charge in [-0.15, -0.1) is 0 Å². The Hall–Kier alpha value is -2.06. The maximum Gasteiger partial charge on any atom is 0.243 e. The van der Waals surface area contributed by atoms with Gasteiger partial charge < -0.3 is 9.47 Å². The minimum absolute atomic E-state index is 0.142. The fourth-order valence-corrected chi connectivity index (χ4v) is 5.04. The molecule has 1 saturated heterocycles. The van der Waals surface area contributed by atoms with Crippen molar-refractivity contribution in [3.8, 4) is 11.5 Å². The van der Waals surface area contributed by atoms with E-state index in [1.54, 1.807) is 28.7 Å². The van der Waals surface area contributed by atoms with Gasteiger partial charge in [0.05, 0.1) is 11.1 Å². The van der Waals surface area contributed by atoms with Crippen LogP contribution in [0.15, 0.2) is 29.3 Å². The molecule has 134 valence electrons. The molecule has 2 aliphatic heterocycles. The summed E-state index contributed by atoms with van der Waals surface area (Å²) in [4.78, 5) is 0.249. The van der Waals surface area contributed by atoms with Crippen molar-refractivity contribution in [1.82, 2.24) is 14.5 Å². The molecule has 0 aliphatic carbocycles. The maximum atomic E-state index is 13.1. The average Bonchev–Trinajstić information content (AvgIpc) is 3.07. The highest BCUT2D eigenvalue weighted by molar-refractivity contribution is 7.89. The minimum Gasteiger partial charge on any atom is -0.486 e. The highest BCUT2D eigenvalue weighted by atomic mass is 32.2. The molecule has 7 nitrogen and oxygen atoms in total. The van der Waals surface area contributed by atoms with Gasteiger partial charge in [-0.3, -0.25) is 5.10 Å². The molecule has 1 N–H and O–H groups in total. The molecule has 4 rings (SSSR count). The van der Waals surface area contributed by atoms with Crippen molar-refractivity contribution in [2.45, 2.75) is 30.6 Å². The maximum absolute atomic E-state index is 13.1. The van der Waals surface area contributed by atoms with Gasteiger partial charge in [0.2, 0.25) is 10.0 Å². The number of aromatic nitrogens is 2. The Morgan fingerprint density at radius 3 is 2.80 bits per heavy atom. The molecule has 3 heterocycles. The van der Waals surface area contributed by atoms with E-state index >= 15 is 0 Å². The first-order valence-corrected chi connectivity index (χ1v) is 9.89. The number of fused-ring (bicyclic) bond motifs is 1. The quantitative estimate of drug-likeness (QED) is 0.902. The van der Waals surface area contributed by atoms with Gasteiger partial charge in [0.1, 0.15) is 13.2 Å². The van der Waals surface area contributed by atoms with Crippen molar-refractivity contribution in [1.29, 1.82) is 0 Å². The van der Waals surface area contributed by atoms with E-state index in [0.717, 1.165) is 24.1 Å². The zero-order chi connectivity index (χ0) is 17.4. The molecule has 8 heteroatoms. The van der Waals surface area contributed by atoms with Crippen LogP contribution >= 0.6 is 0 Å². The second-order valence-electron chi connectivity index (χ2n) is 6.47. The number of aryl methyl sites for hydroxylation is 1. The van der Waals surface area contributed by atoms with Crippen LogP contribution in [0.5, 0.6) is 11.5 Å². The third-order valence-corrected chi connectivity index (χ3v) is 6.67. The van der Waals surface area contributed by atoms with E-state index in [4.69, 9.17) is 9.47 Å². The first kappa shape index (κ1) is 16.4.